The molecular weight excluding hydrogens is 292 g/mol. The third-order valence-electron chi connectivity index (χ3n) is 4.38. The Labute approximate surface area is 132 Å². The fourth-order valence-corrected chi connectivity index (χ4v) is 3.18. The fraction of sp³-hybridized carbons (Fsp3) is 0.235. The molecule has 116 valence electrons. The zero-order valence-corrected chi connectivity index (χ0v) is 12.4. The van der Waals surface area contributed by atoms with E-state index in [1.807, 2.05) is 18.2 Å². The van der Waals surface area contributed by atoms with E-state index in [1.54, 1.807) is 35.6 Å². The molecule has 6 nitrogen and oxygen atoms in total. The SMILES string of the molecule is O=C(c1ccccn1)N1CC(CO)C1c1ccc2nc[nH]c2c1. The van der Waals surface area contributed by atoms with Crippen molar-refractivity contribution in [1.82, 2.24) is 19.9 Å². The first-order chi connectivity index (χ1) is 11.3. The van der Waals surface area contributed by atoms with Gasteiger partial charge in [0.05, 0.1) is 23.4 Å². The summed E-state index contributed by atoms with van der Waals surface area (Å²) in [6, 6.07) is 11.0. The van der Waals surface area contributed by atoms with E-state index in [9.17, 15) is 9.90 Å². The third kappa shape index (κ3) is 2.27. The molecule has 1 amide bonds. The van der Waals surface area contributed by atoms with Crippen LogP contribution in [-0.2, 0) is 0 Å². The lowest BCUT2D eigenvalue weighted by Gasteiger charge is -2.47. The average molecular weight is 308 g/mol. The maximum Gasteiger partial charge on any atom is 0.272 e. The highest BCUT2D eigenvalue weighted by atomic mass is 16.3. The maximum absolute atomic E-state index is 12.6. The van der Waals surface area contributed by atoms with Crippen LogP contribution in [0, 0.1) is 5.92 Å². The van der Waals surface area contributed by atoms with E-state index < -0.39 is 0 Å². The number of rotatable bonds is 3. The summed E-state index contributed by atoms with van der Waals surface area (Å²) < 4.78 is 0. The number of nitrogens with zero attached hydrogens (tertiary/aromatic N) is 3. The summed E-state index contributed by atoms with van der Waals surface area (Å²) in [7, 11) is 0. The first-order valence-corrected chi connectivity index (χ1v) is 7.54. The molecule has 3 aromatic rings. The van der Waals surface area contributed by atoms with Crippen molar-refractivity contribution >= 4 is 16.9 Å². The number of nitrogens with one attached hydrogen (secondary N) is 1. The molecule has 2 atom stereocenters. The number of carbonyl (C=O) groups excluding carboxylic acids is 1. The van der Waals surface area contributed by atoms with Gasteiger partial charge >= 0.3 is 0 Å². The third-order valence-corrected chi connectivity index (χ3v) is 4.38. The maximum atomic E-state index is 12.6. The van der Waals surface area contributed by atoms with Crippen LogP contribution in [0.15, 0.2) is 48.9 Å². The molecule has 2 unspecified atom stereocenters. The van der Waals surface area contributed by atoms with Crippen LogP contribution < -0.4 is 0 Å². The lowest BCUT2D eigenvalue weighted by Crippen LogP contribution is -2.54. The van der Waals surface area contributed by atoms with E-state index in [2.05, 4.69) is 15.0 Å². The normalized spacial score (nSPS) is 20.5. The van der Waals surface area contributed by atoms with Crippen molar-refractivity contribution in [2.75, 3.05) is 13.2 Å². The standard InChI is InChI=1S/C17H16N4O2/c22-9-12-8-21(17(23)14-3-1-2-6-18-14)16(12)11-4-5-13-15(7-11)20-10-19-13/h1-7,10,12,16,22H,8-9H2,(H,19,20). The van der Waals surface area contributed by atoms with E-state index in [1.165, 1.54) is 0 Å². The van der Waals surface area contributed by atoms with Crippen LogP contribution in [0.25, 0.3) is 11.0 Å². The van der Waals surface area contributed by atoms with Gasteiger partial charge in [0.15, 0.2) is 0 Å². The minimum Gasteiger partial charge on any atom is -0.396 e. The molecule has 1 aliphatic heterocycles. The Morgan fingerprint density at radius 2 is 2.22 bits per heavy atom. The first kappa shape index (κ1) is 13.9. The molecule has 2 N–H and O–H groups in total. The molecule has 0 aliphatic carbocycles. The Morgan fingerprint density at radius 1 is 1.30 bits per heavy atom. The molecule has 3 heterocycles. The zero-order valence-electron chi connectivity index (χ0n) is 12.4. The molecular formula is C17H16N4O2. The highest BCUT2D eigenvalue weighted by Gasteiger charge is 2.43. The highest BCUT2D eigenvalue weighted by Crippen LogP contribution is 2.40. The van der Waals surface area contributed by atoms with E-state index >= 15 is 0 Å². The van der Waals surface area contributed by atoms with Gasteiger partial charge in [0, 0.05) is 25.3 Å². The minimum absolute atomic E-state index is 0.0445. The molecule has 1 aliphatic rings. The lowest BCUT2D eigenvalue weighted by molar-refractivity contribution is -0.00761. The molecule has 23 heavy (non-hydrogen) atoms. The Hall–Kier alpha value is -2.73. The van der Waals surface area contributed by atoms with E-state index in [-0.39, 0.29) is 24.5 Å². The number of hydrogen-bond donors (Lipinski definition) is 2. The smallest absolute Gasteiger partial charge is 0.272 e. The van der Waals surface area contributed by atoms with Gasteiger partial charge in [0.1, 0.15) is 5.69 Å². The summed E-state index contributed by atoms with van der Waals surface area (Å²) in [6.07, 6.45) is 3.26. The van der Waals surface area contributed by atoms with Gasteiger partial charge in [-0.3, -0.25) is 9.78 Å². The minimum atomic E-state index is -0.137. The van der Waals surface area contributed by atoms with Gasteiger partial charge in [-0.25, -0.2) is 4.98 Å². The largest absolute Gasteiger partial charge is 0.396 e. The van der Waals surface area contributed by atoms with Crippen molar-refractivity contribution in [1.29, 1.82) is 0 Å². The molecule has 2 aromatic heterocycles. The number of aliphatic hydroxyl groups excluding tert-OH is 1. The number of likely N-dealkylation sites (tertiary alicyclic amines) is 1. The summed E-state index contributed by atoms with van der Waals surface area (Å²) in [5, 5.41) is 9.59. The van der Waals surface area contributed by atoms with E-state index in [0.717, 1.165) is 16.6 Å². The fourth-order valence-electron chi connectivity index (χ4n) is 3.18. The summed E-state index contributed by atoms with van der Waals surface area (Å²) in [6.45, 7) is 0.593. The number of amides is 1. The first-order valence-electron chi connectivity index (χ1n) is 7.54. The van der Waals surface area contributed by atoms with Gasteiger partial charge in [-0.05, 0) is 29.8 Å². The van der Waals surface area contributed by atoms with E-state index in [0.29, 0.717) is 12.2 Å². The molecule has 4 rings (SSSR count). The van der Waals surface area contributed by atoms with Gasteiger partial charge in [-0.2, -0.15) is 0 Å². The van der Waals surface area contributed by atoms with Crippen LogP contribution >= 0.6 is 0 Å². The second kappa shape index (κ2) is 5.48. The lowest BCUT2D eigenvalue weighted by atomic mass is 9.83. The Balaban J connectivity index is 1.67. The highest BCUT2D eigenvalue weighted by molar-refractivity contribution is 5.93. The zero-order chi connectivity index (χ0) is 15.8. The van der Waals surface area contributed by atoms with Gasteiger partial charge in [0.2, 0.25) is 0 Å². The summed E-state index contributed by atoms with van der Waals surface area (Å²) in [4.78, 5) is 25.8. The predicted molar refractivity (Wildman–Crippen MR) is 84.7 cm³/mol. The van der Waals surface area contributed by atoms with Crippen LogP contribution in [0.2, 0.25) is 0 Å². The van der Waals surface area contributed by atoms with Crippen LogP contribution in [0.1, 0.15) is 22.1 Å². The van der Waals surface area contributed by atoms with Crippen molar-refractivity contribution in [2.45, 2.75) is 6.04 Å². The average Bonchev–Trinajstić information content (AvgIpc) is 3.03. The number of H-pyrrole nitrogens is 1. The number of aliphatic hydroxyl groups is 1. The van der Waals surface area contributed by atoms with Crippen molar-refractivity contribution in [2.24, 2.45) is 5.92 Å². The number of hydrogen-bond acceptors (Lipinski definition) is 4. The van der Waals surface area contributed by atoms with Gasteiger partial charge in [-0.1, -0.05) is 12.1 Å². The molecule has 0 spiro atoms. The van der Waals surface area contributed by atoms with Crippen molar-refractivity contribution in [3.63, 3.8) is 0 Å². The van der Waals surface area contributed by atoms with Crippen LogP contribution in [0.5, 0.6) is 0 Å². The molecule has 1 fully saturated rings. The quantitative estimate of drug-likeness (QED) is 0.772. The number of benzene rings is 1. The molecule has 0 radical (unpaired) electrons. The molecule has 0 bridgehead atoms. The molecule has 1 saturated heterocycles. The van der Waals surface area contributed by atoms with E-state index in [4.69, 9.17) is 0 Å². The molecule has 6 heteroatoms. The predicted octanol–water partition coefficient (Wildman–Crippen LogP) is 1.76. The second-order valence-corrected chi connectivity index (χ2v) is 5.74. The number of aromatic amines is 1. The van der Waals surface area contributed by atoms with Crippen molar-refractivity contribution in [3.05, 3.63) is 60.2 Å². The number of aromatic nitrogens is 3. The van der Waals surface area contributed by atoms with Crippen LogP contribution in [-0.4, -0.2) is 44.0 Å². The molecule has 0 saturated carbocycles. The number of pyridine rings is 1. The van der Waals surface area contributed by atoms with Crippen LogP contribution in [0.3, 0.4) is 0 Å². The topological polar surface area (TPSA) is 82.1 Å². The Bertz CT molecular complexity index is 846. The molecule has 1 aromatic carbocycles. The second-order valence-electron chi connectivity index (χ2n) is 5.74. The summed E-state index contributed by atoms with van der Waals surface area (Å²) in [5.74, 6) is -0.0620. The van der Waals surface area contributed by atoms with Gasteiger partial charge < -0.3 is 15.0 Å². The van der Waals surface area contributed by atoms with Crippen LogP contribution in [0.4, 0.5) is 0 Å². The number of carbonyl (C=O) groups is 1. The number of fused-ring (bicyclic) bond motifs is 1. The van der Waals surface area contributed by atoms with Crippen molar-refractivity contribution in [3.8, 4) is 0 Å². The Morgan fingerprint density at radius 3 is 3.00 bits per heavy atom. The van der Waals surface area contributed by atoms with Gasteiger partial charge in [-0.15, -0.1) is 0 Å². The summed E-state index contributed by atoms with van der Waals surface area (Å²) >= 11 is 0. The van der Waals surface area contributed by atoms with Crippen molar-refractivity contribution < 1.29 is 9.90 Å². The summed E-state index contributed by atoms with van der Waals surface area (Å²) in [5.41, 5.74) is 3.24. The Kier molecular flexibility index (Phi) is 3.31. The van der Waals surface area contributed by atoms with Gasteiger partial charge in [0.25, 0.3) is 5.91 Å². The monoisotopic (exact) mass is 308 g/mol. The number of imidazole rings is 1.